The molecule has 138 valence electrons. The Bertz CT molecular complexity index is 1130. The Morgan fingerprint density at radius 3 is 2.36 bits per heavy atom. The summed E-state index contributed by atoms with van der Waals surface area (Å²) in [5.41, 5.74) is 4.72. The van der Waals surface area contributed by atoms with Crippen LogP contribution in [0.3, 0.4) is 0 Å². The molecule has 4 aromatic rings. The maximum atomic E-state index is 13.3. The van der Waals surface area contributed by atoms with Gasteiger partial charge in [0.05, 0.1) is 11.2 Å². The minimum Gasteiger partial charge on any atom is -0.487 e. The number of carbonyl (C=O) groups excluding carboxylic acids is 1. The molecule has 0 unspecified atom stereocenters. The molecular weight excluding hydrogens is 346 g/mol. The highest BCUT2D eigenvalue weighted by atomic mass is 16.5. The number of nitrogens with zero attached hydrogens (tertiary/aromatic N) is 1. The summed E-state index contributed by atoms with van der Waals surface area (Å²) in [4.78, 5) is 13.3. The van der Waals surface area contributed by atoms with Crippen molar-refractivity contribution in [3.05, 3.63) is 107 Å². The quantitative estimate of drug-likeness (QED) is 0.414. The van der Waals surface area contributed by atoms with E-state index >= 15 is 0 Å². The van der Waals surface area contributed by atoms with Crippen molar-refractivity contribution in [2.45, 2.75) is 25.4 Å². The summed E-state index contributed by atoms with van der Waals surface area (Å²) < 4.78 is 8.13. The van der Waals surface area contributed by atoms with Crippen molar-refractivity contribution < 1.29 is 9.53 Å². The Morgan fingerprint density at radius 1 is 0.929 bits per heavy atom. The summed E-state index contributed by atoms with van der Waals surface area (Å²) >= 11 is 0. The molecule has 0 saturated heterocycles. The number of hydrogen-bond donors (Lipinski definition) is 0. The van der Waals surface area contributed by atoms with Gasteiger partial charge in [-0.3, -0.25) is 4.79 Å². The van der Waals surface area contributed by atoms with Crippen LogP contribution in [-0.2, 0) is 6.61 Å². The van der Waals surface area contributed by atoms with Crippen LogP contribution < -0.4 is 4.74 Å². The molecule has 2 aromatic carbocycles. The molecule has 0 amide bonds. The van der Waals surface area contributed by atoms with E-state index in [0.717, 1.165) is 46.5 Å². The van der Waals surface area contributed by atoms with Crippen molar-refractivity contribution in [1.29, 1.82) is 0 Å². The van der Waals surface area contributed by atoms with E-state index in [-0.39, 0.29) is 5.78 Å². The van der Waals surface area contributed by atoms with Gasteiger partial charge in [0.15, 0.2) is 0 Å². The van der Waals surface area contributed by atoms with Crippen LogP contribution in [0.25, 0.3) is 5.52 Å². The first-order valence-corrected chi connectivity index (χ1v) is 9.72. The second kappa shape index (κ2) is 7.01. The molecule has 0 bridgehead atoms. The number of hydrogen-bond acceptors (Lipinski definition) is 2. The van der Waals surface area contributed by atoms with Crippen molar-refractivity contribution in [3.63, 3.8) is 0 Å². The Hall–Kier alpha value is -3.33. The van der Waals surface area contributed by atoms with Crippen LogP contribution in [0, 0.1) is 0 Å². The zero-order valence-corrected chi connectivity index (χ0v) is 15.5. The normalized spacial score (nSPS) is 13.6. The second-order valence-corrected chi connectivity index (χ2v) is 7.32. The fraction of sp³-hybridized carbons (Fsp3) is 0.160. The molecule has 0 spiro atoms. The van der Waals surface area contributed by atoms with Gasteiger partial charge in [-0.15, -0.1) is 0 Å². The Kier molecular flexibility index (Phi) is 4.21. The van der Waals surface area contributed by atoms with Gasteiger partial charge in [0, 0.05) is 11.8 Å². The third-order valence-electron chi connectivity index (χ3n) is 5.31. The van der Waals surface area contributed by atoms with E-state index in [0.29, 0.717) is 12.5 Å². The lowest BCUT2D eigenvalue weighted by Crippen LogP contribution is -2.08. The highest BCUT2D eigenvalue weighted by Gasteiger charge is 2.31. The average Bonchev–Trinajstić information content (AvgIpc) is 3.53. The second-order valence-electron chi connectivity index (χ2n) is 7.32. The SMILES string of the molecule is O=C(c1ccccc1)c1c(C2CC2)cc2c(OCc3ccccc3)cccn12. The van der Waals surface area contributed by atoms with Crippen molar-refractivity contribution in [2.24, 2.45) is 0 Å². The predicted molar refractivity (Wildman–Crippen MR) is 110 cm³/mol. The molecule has 5 rings (SSSR count). The van der Waals surface area contributed by atoms with E-state index < -0.39 is 0 Å². The number of pyridine rings is 1. The molecule has 2 aromatic heterocycles. The smallest absolute Gasteiger partial charge is 0.210 e. The van der Waals surface area contributed by atoms with Crippen molar-refractivity contribution >= 4 is 11.3 Å². The first-order valence-electron chi connectivity index (χ1n) is 9.72. The van der Waals surface area contributed by atoms with Gasteiger partial charge in [-0.05, 0) is 48.1 Å². The third-order valence-corrected chi connectivity index (χ3v) is 5.31. The van der Waals surface area contributed by atoms with Crippen LogP contribution in [-0.4, -0.2) is 10.2 Å². The lowest BCUT2D eigenvalue weighted by Gasteiger charge is -2.10. The van der Waals surface area contributed by atoms with Crippen LogP contribution >= 0.6 is 0 Å². The molecule has 28 heavy (non-hydrogen) atoms. The lowest BCUT2D eigenvalue weighted by atomic mass is 10.0. The van der Waals surface area contributed by atoms with E-state index in [1.54, 1.807) is 0 Å². The van der Waals surface area contributed by atoms with E-state index in [1.165, 1.54) is 0 Å². The summed E-state index contributed by atoms with van der Waals surface area (Å²) in [6.45, 7) is 0.506. The fourth-order valence-electron chi connectivity index (χ4n) is 3.72. The molecule has 1 aliphatic rings. The highest BCUT2D eigenvalue weighted by molar-refractivity contribution is 6.10. The topological polar surface area (TPSA) is 30.7 Å². The van der Waals surface area contributed by atoms with Crippen LogP contribution in [0.15, 0.2) is 85.1 Å². The van der Waals surface area contributed by atoms with Crippen LogP contribution in [0.4, 0.5) is 0 Å². The number of ketones is 1. The molecule has 2 heterocycles. The molecule has 3 heteroatoms. The van der Waals surface area contributed by atoms with Crippen LogP contribution in [0.1, 0.15) is 45.9 Å². The van der Waals surface area contributed by atoms with E-state index in [4.69, 9.17) is 4.74 Å². The zero-order chi connectivity index (χ0) is 18.9. The lowest BCUT2D eigenvalue weighted by molar-refractivity contribution is 0.103. The van der Waals surface area contributed by atoms with Crippen LogP contribution in [0.5, 0.6) is 5.75 Å². The molecular formula is C25H21NO2. The Balaban J connectivity index is 1.57. The van der Waals surface area contributed by atoms with Gasteiger partial charge in [0.1, 0.15) is 12.4 Å². The van der Waals surface area contributed by atoms with Gasteiger partial charge in [0.2, 0.25) is 5.78 Å². The summed E-state index contributed by atoms with van der Waals surface area (Å²) in [5.74, 6) is 1.35. The number of fused-ring (bicyclic) bond motifs is 1. The first-order chi connectivity index (χ1) is 13.8. The molecule has 1 fully saturated rings. The molecule has 3 nitrogen and oxygen atoms in total. The minimum absolute atomic E-state index is 0.0720. The van der Waals surface area contributed by atoms with Crippen LogP contribution in [0.2, 0.25) is 0 Å². The number of benzene rings is 2. The summed E-state index contributed by atoms with van der Waals surface area (Å²) in [6.07, 6.45) is 4.26. The van der Waals surface area contributed by atoms with Crippen molar-refractivity contribution in [2.75, 3.05) is 0 Å². The number of aromatic nitrogens is 1. The largest absolute Gasteiger partial charge is 0.487 e. The number of carbonyl (C=O) groups is 1. The standard InChI is InChI=1S/C25H21NO2/c27-25(20-10-5-2-6-11-20)24-21(19-13-14-19)16-22-23(12-7-15-26(22)24)28-17-18-8-3-1-4-9-18/h1-12,15-16,19H,13-14,17H2. The van der Waals surface area contributed by atoms with Crippen molar-refractivity contribution in [1.82, 2.24) is 4.40 Å². The maximum absolute atomic E-state index is 13.3. The van der Waals surface area contributed by atoms with E-state index in [2.05, 4.69) is 18.2 Å². The van der Waals surface area contributed by atoms with Gasteiger partial charge in [0.25, 0.3) is 0 Å². The predicted octanol–water partition coefficient (Wildman–Crippen LogP) is 5.63. The average molecular weight is 367 g/mol. The minimum atomic E-state index is 0.0720. The fourth-order valence-corrected chi connectivity index (χ4v) is 3.72. The van der Waals surface area contributed by atoms with E-state index in [1.807, 2.05) is 71.3 Å². The van der Waals surface area contributed by atoms with Crippen molar-refractivity contribution in [3.8, 4) is 5.75 Å². The third kappa shape index (κ3) is 3.09. The highest BCUT2D eigenvalue weighted by Crippen LogP contribution is 2.44. The molecule has 0 radical (unpaired) electrons. The summed E-state index contributed by atoms with van der Waals surface area (Å²) in [7, 11) is 0. The molecule has 0 N–H and O–H groups in total. The first kappa shape index (κ1) is 16.8. The Labute approximate surface area is 164 Å². The van der Waals surface area contributed by atoms with Gasteiger partial charge >= 0.3 is 0 Å². The zero-order valence-electron chi connectivity index (χ0n) is 15.5. The molecule has 0 aliphatic heterocycles. The summed E-state index contributed by atoms with van der Waals surface area (Å²) in [6, 6.07) is 25.7. The number of ether oxygens (including phenoxy) is 1. The molecule has 1 aliphatic carbocycles. The van der Waals surface area contributed by atoms with Gasteiger partial charge in [-0.1, -0.05) is 60.7 Å². The van der Waals surface area contributed by atoms with Gasteiger partial charge in [-0.2, -0.15) is 0 Å². The monoisotopic (exact) mass is 367 g/mol. The van der Waals surface area contributed by atoms with Gasteiger partial charge < -0.3 is 9.14 Å². The molecule has 0 atom stereocenters. The maximum Gasteiger partial charge on any atom is 0.210 e. The molecule has 1 saturated carbocycles. The van der Waals surface area contributed by atoms with E-state index in [9.17, 15) is 4.79 Å². The summed E-state index contributed by atoms with van der Waals surface area (Å²) in [5, 5.41) is 0. The van der Waals surface area contributed by atoms with Gasteiger partial charge in [-0.25, -0.2) is 0 Å². The Morgan fingerprint density at radius 2 is 1.64 bits per heavy atom. The number of rotatable bonds is 6.